The fourth-order valence-corrected chi connectivity index (χ4v) is 5.48. The topological polar surface area (TPSA) is 43.9 Å². The van der Waals surface area contributed by atoms with Gasteiger partial charge in [0.1, 0.15) is 12.6 Å². The number of rotatable bonds is 4. The maximum absolute atomic E-state index is 13.4. The van der Waals surface area contributed by atoms with E-state index >= 15 is 0 Å². The standard InChI is InChI=1S/C29H27N3O2/c33-28-20-31(17-21-8-2-1-3-9-21)29(34)27-19-30(14-15-32(27)28)18-26-24-12-6-4-10-22(24)16-23-11-5-7-13-25(23)26/h1-13,16,27H,14-15,17-20H2. The number of benzene rings is 4. The summed E-state index contributed by atoms with van der Waals surface area (Å²) in [6.07, 6.45) is 0. The zero-order valence-corrected chi connectivity index (χ0v) is 19.1. The van der Waals surface area contributed by atoms with Crippen molar-refractivity contribution in [3.63, 3.8) is 0 Å². The minimum atomic E-state index is -0.417. The molecule has 6 rings (SSSR count). The highest BCUT2D eigenvalue weighted by Gasteiger charge is 2.42. The maximum Gasteiger partial charge on any atom is 0.247 e. The third-order valence-electron chi connectivity index (χ3n) is 7.19. The quantitative estimate of drug-likeness (QED) is 0.442. The van der Waals surface area contributed by atoms with Crippen molar-refractivity contribution in [2.75, 3.05) is 26.2 Å². The molecule has 0 N–H and O–H groups in total. The Kier molecular flexibility index (Phi) is 5.27. The summed E-state index contributed by atoms with van der Waals surface area (Å²) < 4.78 is 0. The highest BCUT2D eigenvalue weighted by molar-refractivity contribution is 6.02. The van der Waals surface area contributed by atoms with Crippen LogP contribution in [0.4, 0.5) is 0 Å². The number of amides is 2. The summed E-state index contributed by atoms with van der Waals surface area (Å²) in [6.45, 7) is 3.32. The third-order valence-corrected chi connectivity index (χ3v) is 7.19. The molecule has 0 aliphatic carbocycles. The Bertz CT molecular complexity index is 1330. The lowest BCUT2D eigenvalue weighted by Crippen LogP contribution is -2.66. The lowest BCUT2D eigenvalue weighted by atomic mass is 9.96. The first-order valence-electron chi connectivity index (χ1n) is 11.9. The van der Waals surface area contributed by atoms with Gasteiger partial charge in [-0.15, -0.1) is 0 Å². The second kappa shape index (κ2) is 8.58. The second-order valence-corrected chi connectivity index (χ2v) is 9.32. The lowest BCUT2D eigenvalue weighted by Gasteiger charge is -2.46. The molecule has 5 nitrogen and oxygen atoms in total. The molecule has 2 saturated heterocycles. The van der Waals surface area contributed by atoms with Crippen molar-refractivity contribution < 1.29 is 9.59 Å². The molecule has 2 amide bonds. The van der Waals surface area contributed by atoms with Crippen LogP contribution in [0.2, 0.25) is 0 Å². The van der Waals surface area contributed by atoms with E-state index in [-0.39, 0.29) is 18.4 Å². The molecular weight excluding hydrogens is 422 g/mol. The number of nitrogens with zero attached hydrogens (tertiary/aromatic N) is 3. The van der Waals surface area contributed by atoms with E-state index in [1.807, 2.05) is 30.3 Å². The van der Waals surface area contributed by atoms with Crippen LogP contribution in [0.5, 0.6) is 0 Å². The Morgan fingerprint density at radius 1 is 0.735 bits per heavy atom. The Hall–Kier alpha value is -3.70. The summed E-state index contributed by atoms with van der Waals surface area (Å²) in [5.74, 6) is 0.103. The first-order chi connectivity index (χ1) is 16.7. The van der Waals surface area contributed by atoms with Gasteiger partial charge in [0.15, 0.2) is 0 Å². The smallest absolute Gasteiger partial charge is 0.247 e. The van der Waals surface area contributed by atoms with E-state index in [0.717, 1.165) is 18.7 Å². The first kappa shape index (κ1) is 20.9. The molecule has 0 spiro atoms. The van der Waals surface area contributed by atoms with Crippen LogP contribution in [0.3, 0.4) is 0 Å². The lowest BCUT2D eigenvalue weighted by molar-refractivity contribution is -0.160. The van der Waals surface area contributed by atoms with E-state index < -0.39 is 6.04 Å². The van der Waals surface area contributed by atoms with Crippen molar-refractivity contribution in [2.24, 2.45) is 0 Å². The molecule has 0 radical (unpaired) electrons. The van der Waals surface area contributed by atoms with E-state index in [1.54, 1.807) is 9.80 Å². The van der Waals surface area contributed by atoms with Crippen LogP contribution >= 0.6 is 0 Å². The highest BCUT2D eigenvalue weighted by atomic mass is 16.2. The predicted octanol–water partition coefficient (Wildman–Crippen LogP) is 4.05. The molecule has 1 atom stereocenters. The summed E-state index contributed by atoms with van der Waals surface area (Å²) in [6, 6.07) is 28.8. The third kappa shape index (κ3) is 3.72. The van der Waals surface area contributed by atoms with Crippen molar-refractivity contribution in [3.05, 3.63) is 96.1 Å². The summed E-state index contributed by atoms with van der Waals surface area (Å²) >= 11 is 0. The van der Waals surface area contributed by atoms with E-state index in [0.29, 0.717) is 19.6 Å². The summed E-state index contributed by atoms with van der Waals surface area (Å²) in [5.41, 5.74) is 2.34. The largest absolute Gasteiger partial charge is 0.327 e. The molecule has 1 unspecified atom stereocenters. The van der Waals surface area contributed by atoms with E-state index in [2.05, 4.69) is 59.5 Å². The van der Waals surface area contributed by atoms with Crippen molar-refractivity contribution in [1.82, 2.24) is 14.7 Å². The van der Waals surface area contributed by atoms with Crippen molar-refractivity contribution in [2.45, 2.75) is 19.1 Å². The first-order valence-corrected chi connectivity index (χ1v) is 11.9. The minimum absolute atomic E-state index is 0.0517. The molecular formula is C29H27N3O2. The van der Waals surface area contributed by atoms with Crippen LogP contribution in [0.25, 0.3) is 21.5 Å². The molecule has 2 aliphatic heterocycles. The van der Waals surface area contributed by atoms with E-state index in [9.17, 15) is 9.59 Å². The molecule has 2 aliphatic rings. The van der Waals surface area contributed by atoms with Crippen molar-refractivity contribution in [3.8, 4) is 0 Å². The Morgan fingerprint density at radius 2 is 1.38 bits per heavy atom. The number of hydrogen-bond donors (Lipinski definition) is 0. The second-order valence-electron chi connectivity index (χ2n) is 9.32. The molecule has 0 saturated carbocycles. The normalized spacial score (nSPS) is 19.1. The molecule has 0 bridgehead atoms. The molecule has 4 aromatic rings. The van der Waals surface area contributed by atoms with Crippen LogP contribution in [0, 0.1) is 0 Å². The molecule has 170 valence electrons. The molecule has 34 heavy (non-hydrogen) atoms. The highest BCUT2D eigenvalue weighted by Crippen LogP contribution is 2.30. The van der Waals surface area contributed by atoms with Gasteiger partial charge in [0.25, 0.3) is 0 Å². The monoisotopic (exact) mass is 449 g/mol. The SMILES string of the molecule is O=C1C2CN(Cc3c4ccccc4cc4ccccc34)CCN2C(=O)CN1Cc1ccccc1. The molecule has 0 aromatic heterocycles. The molecule has 5 heteroatoms. The van der Waals surface area contributed by atoms with Gasteiger partial charge in [-0.3, -0.25) is 14.5 Å². The average Bonchev–Trinajstić information content (AvgIpc) is 2.87. The summed E-state index contributed by atoms with van der Waals surface area (Å²) in [7, 11) is 0. The van der Waals surface area contributed by atoms with Gasteiger partial charge in [-0.2, -0.15) is 0 Å². The number of carbonyl (C=O) groups excluding carboxylic acids is 2. The van der Waals surface area contributed by atoms with Gasteiger partial charge in [0.2, 0.25) is 11.8 Å². The number of carbonyl (C=O) groups is 2. The fraction of sp³-hybridized carbons (Fsp3) is 0.241. The summed E-state index contributed by atoms with van der Waals surface area (Å²) in [5, 5.41) is 4.96. The predicted molar refractivity (Wildman–Crippen MR) is 134 cm³/mol. The number of piperazine rings is 2. The van der Waals surface area contributed by atoms with Gasteiger partial charge in [0.05, 0.1) is 0 Å². The van der Waals surface area contributed by atoms with Crippen molar-refractivity contribution >= 4 is 33.4 Å². The zero-order chi connectivity index (χ0) is 23.1. The molecule has 4 aromatic carbocycles. The Labute approximate surface area is 199 Å². The van der Waals surface area contributed by atoms with Gasteiger partial charge < -0.3 is 9.80 Å². The van der Waals surface area contributed by atoms with Crippen LogP contribution in [0.15, 0.2) is 84.9 Å². The molecule has 2 fully saturated rings. The van der Waals surface area contributed by atoms with E-state index in [4.69, 9.17) is 0 Å². The van der Waals surface area contributed by atoms with Gasteiger partial charge in [-0.1, -0.05) is 78.9 Å². The Morgan fingerprint density at radius 3 is 2.09 bits per heavy atom. The van der Waals surface area contributed by atoms with Gasteiger partial charge in [-0.05, 0) is 38.7 Å². The number of fused-ring (bicyclic) bond motifs is 3. The molecule has 2 heterocycles. The van der Waals surface area contributed by atoms with E-state index in [1.165, 1.54) is 27.1 Å². The average molecular weight is 450 g/mol. The summed E-state index contributed by atoms with van der Waals surface area (Å²) in [4.78, 5) is 32.2. The van der Waals surface area contributed by atoms with Crippen LogP contribution in [-0.2, 0) is 22.7 Å². The Balaban J connectivity index is 1.28. The van der Waals surface area contributed by atoms with Gasteiger partial charge in [0, 0.05) is 32.7 Å². The fourth-order valence-electron chi connectivity index (χ4n) is 5.48. The van der Waals surface area contributed by atoms with Gasteiger partial charge in [-0.25, -0.2) is 0 Å². The van der Waals surface area contributed by atoms with Crippen LogP contribution in [0.1, 0.15) is 11.1 Å². The number of hydrogen-bond acceptors (Lipinski definition) is 3. The van der Waals surface area contributed by atoms with Crippen LogP contribution in [-0.4, -0.2) is 58.7 Å². The minimum Gasteiger partial charge on any atom is -0.327 e. The van der Waals surface area contributed by atoms with Crippen LogP contribution < -0.4 is 0 Å². The zero-order valence-electron chi connectivity index (χ0n) is 19.1. The van der Waals surface area contributed by atoms with Gasteiger partial charge >= 0.3 is 0 Å². The maximum atomic E-state index is 13.4. The van der Waals surface area contributed by atoms with Crippen molar-refractivity contribution in [1.29, 1.82) is 0 Å².